The summed E-state index contributed by atoms with van der Waals surface area (Å²) in [6.07, 6.45) is 0.840. The number of nitrogens with one attached hydrogen (secondary N) is 1. The first-order chi connectivity index (χ1) is 9.52. The molecular formula is C14H17ClN2O2S. The molecule has 1 aromatic carbocycles. The Balaban J connectivity index is 2.12. The van der Waals surface area contributed by atoms with Crippen LogP contribution in [0.1, 0.15) is 29.4 Å². The number of aliphatic hydroxyl groups excluding tert-OH is 1. The first-order valence-electron chi connectivity index (χ1n) is 6.46. The van der Waals surface area contributed by atoms with E-state index in [-0.39, 0.29) is 12.0 Å². The van der Waals surface area contributed by atoms with Crippen molar-refractivity contribution in [2.24, 2.45) is 0 Å². The van der Waals surface area contributed by atoms with E-state index in [1.54, 1.807) is 12.1 Å². The standard InChI is InChI=1S/C14H17ClN2O2S/c1-2-9(18)5-6-17-14(19)13-12(16)10-7-8(15)3-4-11(10)20-13/h3-4,7,9,18H,2,5-6,16H2,1H3,(H,17,19). The van der Waals surface area contributed by atoms with E-state index in [1.807, 2.05) is 13.0 Å². The molecule has 4 nitrogen and oxygen atoms in total. The van der Waals surface area contributed by atoms with Crippen molar-refractivity contribution in [1.82, 2.24) is 5.32 Å². The number of amides is 1. The van der Waals surface area contributed by atoms with Crippen molar-refractivity contribution in [3.8, 4) is 0 Å². The zero-order chi connectivity index (χ0) is 14.7. The number of thiophene rings is 1. The zero-order valence-corrected chi connectivity index (χ0v) is 12.7. The van der Waals surface area contributed by atoms with Gasteiger partial charge >= 0.3 is 0 Å². The van der Waals surface area contributed by atoms with Gasteiger partial charge in [0.15, 0.2) is 0 Å². The summed E-state index contributed by atoms with van der Waals surface area (Å²) >= 11 is 7.28. The number of carbonyl (C=O) groups is 1. The molecule has 1 unspecified atom stereocenters. The number of nitrogens with two attached hydrogens (primary N) is 1. The number of halogens is 1. The molecular weight excluding hydrogens is 296 g/mol. The molecule has 0 spiro atoms. The largest absolute Gasteiger partial charge is 0.397 e. The van der Waals surface area contributed by atoms with Crippen LogP contribution < -0.4 is 11.1 Å². The van der Waals surface area contributed by atoms with Gasteiger partial charge in [-0.1, -0.05) is 18.5 Å². The van der Waals surface area contributed by atoms with E-state index in [4.69, 9.17) is 17.3 Å². The molecule has 1 heterocycles. The van der Waals surface area contributed by atoms with Gasteiger partial charge in [0.05, 0.1) is 11.8 Å². The SMILES string of the molecule is CCC(O)CCNC(=O)c1sc2ccc(Cl)cc2c1N. The van der Waals surface area contributed by atoms with E-state index in [9.17, 15) is 9.90 Å². The van der Waals surface area contributed by atoms with Gasteiger partial charge in [-0.05, 0) is 31.0 Å². The maximum absolute atomic E-state index is 12.1. The fraction of sp³-hybridized carbons (Fsp3) is 0.357. The average molecular weight is 313 g/mol. The van der Waals surface area contributed by atoms with Crippen LogP contribution in [-0.2, 0) is 0 Å². The number of carbonyl (C=O) groups excluding carboxylic acids is 1. The minimum atomic E-state index is -0.381. The molecule has 0 bridgehead atoms. The summed E-state index contributed by atoms with van der Waals surface area (Å²) in [5.74, 6) is -0.205. The van der Waals surface area contributed by atoms with E-state index in [2.05, 4.69) is 5.32 Å². The van der Waals surface area contributed by atoms with E-state index >= 15 is 0 Å². The number of rotatable bonds is 5. The van der Waals surface area contributed by atoms with Crippen LogP contribution in [0.5, 0.6) is 0 Å². The number of hydrogen-bond acceptors (Lipinski definition) is 4. The van der Waals surface area contributed by atoms with Crippen LogP contribution in [0.4, 0.5) is 5.69 Å². The summed E-state index contributed by atoms with van der Waals surface area (Å²) in [5.41, 5.74) is 6.47. The maximum Gasteiger partial charge on any atom is 0.263 e. The Hall–Kier alpha value is -1.30. The molecule has 1 atom stereocenters. The Morgan fingerprint density at radius 1 is 1.55 bits per heavy atom. The molecule has 20 heavy (non-hydrogen) atoms. The highest BCUT2D eigenvalue weighted by molar-refractivity contribution is 7.21. The van der Waals surface area contributed by atoms with Crippen LogP contribution in [0.2, 0.25) is 5.02 Å². The first-order valence-corrected chi connectivity index (χ1v) is 7.66. The molecule has 2 aromatic rings. The van der Waals surface area contributed by atoms with Crippen molar-refractivity contribution in [2.45, 2.75) is 25.9 Å². The van der Waals surface area contributed by atoms with Gasteiger partial charge in [-0.3, -0.25) is 4.79 Å². The smallest absolute Gasteiger partial charge is 0.263 e. The van der Waals surface area contributed by atoms with E-state index in [0.29, 0.717) is 35.0 Å². The van der Waals surface area contributed by atoms with Gasteiger partial charge in [0.25, 0.3) is 5.91 Å². The normalized spacial score (nSPS) is 12.6. The molecule has 2 rings (SSSR count). The van der Waals surface area contributed by atoms with Crippen molar-refractivity contribution < 1.29 is 9.90 Å². The Labute approximate surface area is 126 Å². The van der Waals surface area contributed by atoms with Crippen LogP contribution in [0.3, 0.4) is 0 Å². The van der Waals surface area contributed by atoms with Crippen LogP contribution >= 0.6 is 22.9 Å². The minimum Gasteiger partial charge on any atom is -0.397 e. The lowest BCUT2D eigenvalue weighted by molar-refractivity contribution is 0.0947. The number of anilines is 1. The number of aliphatic hydroxyl groups is 1. The number of nitrogen functional groups attached to an aromatic ring is 1. The molecule has 1 amide bonds. The summed E-state index contributed by atoms with van der Waals surface area (Å²) in [7, 11) is 0. The predicted octanol–water partition coefficient (Wildman–Crippen LogP) is 3.03. The molecule has 0 radical (unpaired) electrons. The summed E-state index contributed by atoms with van der Waals surface area (Å²) < 4.78 is 0.936. The van der Waals surface area contributed by atoms with Gasteiger partial charge in [-0.2, -0.15) is 0 Å². The fourth-order valence-electron chi connectivity index (χ4n) is 1.89. The van der Waals surface area contributed by atoms with Crippen molar-refractivity contribution >= 4 is 44.6 Å². The Kier molecular flexibility index (Phi) is 4.86. The van der Waals surface area contributed by atoms with Gasteiger partial charge in [0.1, 0.15) is 4.88 Å². The first kappa shape index (κ1) is 15.1. The summed E-state index contributed by atoms with van der Waals surface area (Å²) in [6, 6.07) is 5.40. The monoisotopic (exact) mass is 312 g/mol. The molecule has 1 aromatic heterocycles. The second kappa shape index (κ2) is 6.43. The van der Waals surface area contributed by atoms with E-state index in [0.717, 1.165) is 10.1 Å². The second-order valence-corrected chi connectivity index (χ2v) is 6.08. The highest BCUT2D eigenvalue weighted by atomic mass is 35.5. The number of hydrogen-bond donors (Lipinski definition) is 3. The minimum absolute atomic E-state index is 0.205. The van der Waals surface area contributed by atoms with Gasteiger partial charge in [-0.15, -0.1) is 11.3 Å². The summed E-state index contributed by atoms with van der Waals surface area (Å²) in [5, 5.41) is 13.6. The maximum atomic E-state index is 12.1. The van der Waals surface area contributed by atoms with Crippen LogP contribution in [-0.4, -0.2) is 23.7 Å². The Morgan fingerprint density at radius 3 is 3.00 bits per heavy atom. The average Bonchev–Trinajstić information content (AvgIpc) is 2.75. The molecule has 108 valence electrons. The molecule has 0 aliphatic rings. The van der Waals surface area contributed by atoms with Crippen LogP contribution in [0.25, 0.3) is 10.1 Å². The summed E-state index contributed by atoms with van der Waals surface area (Å²) in [6.45, 7) is 2.34. The Morgan fingerprint density at radius 2 is 2.30 bits per heavy atom. The molecule has 0 saturated heterocycles. The quantitative estimate of drug-likeness (QED) is 0.794. The van der Waals surface area contributed by atoms with Gasteiger partial charge < -0.3 is 16.2 Å². The predicted molar refractivity (Wildman–Crippen MR) is 84.5 cm³/mol. The van der Waals surface area contributed by atoms with Crippen LogP contribution in [0, 0.1) is 0 Å². The van der Waals surface area contributed by atoms with E-state index in [1.165, 1.54) is 11.3 Å². The highest BCUT2D eigenvalue weighted by Gasteiger charge is 2.16. The third-order valence-electron chi connectivity index (χ3n) is 3.13. The third-order valence-corrected chi connectivity index (χ3v) is 4.55. The van der Waals surface area contributed by atoms with Crippen molar-refractivity contribution in [3.63, 3.8) is 0 Å². The molecule has 4 N–H and O–H groups in total. The zero-order valence-electron chi connectivity index (χ0n) is 11.1. The van der Waals surface area contributed by atoms with Gasteiger partial charge in [-0.25, -0.2) is 0 Å². The lowest BCUT2D eigenvalue weighted by atomic mass is 10.2. The molecule has 0 saturated carbocycles. The highest BCUT2D eigenvalue weighted by Crippen LogP contribution is 2.35. The lowest BCUT2D eigenvalue weighted by Gasteiger charge is -2.08. The lowest BCUT2D eigenvalue weighted by Crippen LogP contribution is -2.26. The summed E-state index contributed by atoms with van der Waals surface area (Å²) in [4.78, 5) is 12.6. The van der Waals surface area contributed by atoms with Crippen LogP contribution in [0.15, 0.2) is 18.2 Å². The van der Waals surface area contributed by atoms with Gasteiger partial charge in [0, 0.05) is 21.7 Å². The Bertz CT molecular complexity index is 627. The number of benzene rings is 1. The van der Waals surface area contributed by atoms with E-state index < -0.39 is 0 Å². The van der Waals surface area contributed by atoms with Crippen molar-refractivity contribution in [2.75, 3.05) is 12.3 Å². The van der Waals surface area contributed by atoms with Crippen molar-refractivity contribution in [3.05, 3.63) is 28.1 Å². The number of fused-ring (bicyclic) bond motifs is 1. The molecule has 6 heteroatoms. The topological polar surface area (TPSA) is 75.3 Å². The molecule has 0 aliphatic carbocycles. The second-order valence-electron chi connectivity index (χ2n) is 4.59. The van der Waals surface area contributed by atoms with Gasteiger partial charge in [0.2, 0.25) is 0 Å². The fourth-order valence-corrected chi connectivity index (χ4v) is 3.09. The van der Waals surface area contributed by atoms with Crippen molar-refractivity contribution in [1.29, 1.82) is 0 Å². The third kappa shape index (κ3) is 3.23. The molecule has 0 aliphatic heterocycles. The molecule has 0 fully saturated rings.